The van der Waals surface area contributed by atoms with Gasteiger partial charge in [-0.2, -0.15) is 10.2 Å². The van der Waals surface area contributed by atoms with E-state index in [1.807, 2.05) is 6.92 Å². The number of carbonyl (C=O) groups excluding carboxylic acids is 2. The van der Waals surface area contributed by atoms with Gasteiger partial charge in [-0.1, -0.05) is 12.1 Å². The first-order valence-corrected chi connectivity index (χ1v) is 11.6. The molecule has 0 aliphatic rings. The van der Waals surface area contributed by atoms with Gasteiger partial charge in [0.2, 0.25) is 0 Å². The molecular formula is C27H24N4O8. The molecule has 3 aromatic rings. The molecule has 0 saturated heterocycles. The number of carboxylic acids is 1. The third kappa shape index (κ3) is 8.05. The fourth-order valence-electron chi connectivity index (χ4n) is 3.35. The van der Waals surface area contributed by atoms with E-state index < -0.39 is 34.1 Å². The van der Waals surface area contributed by atoms with Crippen molar-refractivity contribution >= 4 is 46.7 Å². The highest BCUT2D eigenvalue weighted by molar-refractivity contribution is 5.93. The molecule has 0 aromatic heterocycles. The van der Waals surface area contributed by atoms with Gasteiger partial charge in [-0.15, -0.1) is 0 Å². The second-order valence-electron chi connectivity index (χ2n) is 7.89. The lowest BCUT2D eigenvalue weighted by atomic mass is 10.1. The Morgan fingerprint density at radius 2 is 1.64 bits per heavy atom. The summed E-state index contributed by atoms with van der Waals surface area (Å²) in [5.41, 5.74) is 1.06. The van der Waals surface area contributed by atoms with E-state index in [-0.39, 0.29) is 12.2 Å². The van der Waals surface area contributed by atoms with E-state index in [4.69, 9.17) is 4.74 Å². The Hall–Kier alpha value is -5.39. The van der Waals surface area contributed by atoms with Gasteiger partial charge in [0, 0.05) is 24.4 Å². The predicted octanol–water partition coefficient (Wildman–Crippen LogP) is 5.33. The maximum Gasteiger partial charge on any atom is 0.342 e. The highest BCUT2D eigenvalue weighted by Crippen LogP contribution is 2.27. The van der Waals surface area contributed by atoms with Crippen molar-refractivity contribution in [1.82, 2.24) is 0 Å². The van der Waals surface area contributed by atoms with Crippen LogP contribution in [0.2, 0.25) is 0 Å². The quantitative estimate of drug-likeness (QED) is 0.0859. The fourth-order valence-corrected chi connectivity index (χ4v) is 3.35. The smallest absolute Gasteiger partial charge is 0.342 e. The number of carboxylic acid groups (broad SMARTS) is 1. The van der Waals surface area contributed by atoms with Gasteiger partial charge in [0.15, 0.2) is 0 Å². The summed E-state index contributed by atoms with van der Waals surface area (Å²) in [6, 6.07) is 16.9. The number of rotatable bonds is 11. The highest BCUT2D eigenvalue weighted by Gasteiger charge is 2.20. The Balaban J connectivity index is 1.62. The zero-order chi connectivity index (χ0) is 28.4. The van der Waals surface area contributed by atoms with Crippen LogP contribution < -0.4 is 9.64 Å². The molecule has 0 heterocycles. The molecule has 0 atom stereocenters. The molecule has 0 aliphatic carbocycles. The fraction of sp³-hybridized carbons (Fsp3) is 0.148. The monoisotopic (exact) mass is 532 g/mol. The number of benzene rings is 3. The number of azo groups is 1. The average Bonchev–Trinajstić information content (AvgIpc) is 2.94. The molecule has 200 valence electrons. The normalized spacial score (nSPS) is 10.9. The third-order valence-corrected chi connectivity index (χ3v) is 5.33. The molecule has 0 radical (unpaired) electrons. The van der Waals surface area contributed by atoms with Crippen LogP contribution in [-0.2, 0) is 14.3 Å². The number of carbonyl (C=O) groups is 3. The van der Waals surface area contributed by atoms with E-state index in [9.17, 15) is 29.6 Å². The second kappa shape index (κ2) is 13.2. The van der Waals surface area contributed by atoms with Crippen LogP contribution in [0.1, 0.15) is 22.8 Å². The van der Waals surface area contributed by atoms with Crippen LogP contribution >= 0.6 is 0 Å². The number of nitro benzene ring substituents is 1. The molecule has 39 heavy (non-hydrogen) atoms. The van der Waals surface area contributed by atoms with Crippen LogP contribution in [0, 0.1) is 10.1 Å². The summed E-state index contributed by atoms with van der Waals surface area (Å²) < 4.78 is 9.96. The standard InChI is InChI=1S/C27H24N4O8/c1-3-30(17-26(33)39-22-12-4-18(5-13-22)6-15-25(32)38-2)21-10-7-19(8-11-21)28-29-20-9-14-24(31(36)37)23(16-20)27(34)35/h4-16H,3,17H2,1-2H3,(H,34,35)/b15-6+,29-28?. The summed E-state index contributed by atoms with van der Waals surface area (Å²) in [4.78, 5) is 47.0. The van der Waals surface area contributed by atoms with Crippen LogP contribution in [0.5, 0.6) is 5.75 Å². The maximum absolute atomic E-state index is 12.5. The lowest BCUT2D eigenvalue weighted by molar-refractivity contribution is -0.385. The summed E-state index contributed by atoms with van der Waals surface area (Å²) in [5, 5.41) is 28.2. The molecule has 1 N–H and O–H groups in total. The van der Waals surface area contributed by atoms with Crippen LogP contribution in [0.25, 0.3) is 6.08 Å². The van der Waals surface area contributed by atoms with E-state index in [1.54, 1.807) is 59.5 Å². The molecule has 0 bridgehead atoms. The SMILES string of the molecule is CCN(CC(=O)Oc1ccc(/C=C/C(=O)OC)cc1)c1ccc(N=Nc2ccc([N+](=O)[O-])c(C(=O)O)c2)cc1. The lowest BCUT2D eigenvalue weighted by Gasteiger charge is -2.22. The Labute approximate surface area is 223 Å². The number of hydrogen-bond donors (Lipinski definition) is 1. The van der Waals surface area contributed by atoms with Crippen LogP contribution in [0.15, 0.2) is 83.0 Å². The van der Waals surface area contributed by atoms with Gasteiger partial charge >= 0.3 is 17.9 Å². The van der Waals surface area contributed by atoms with Crippen molar-refractivity contribution in [3.8, 4) is 5.75 Å². The lowest BCUT2D eigenvalue weighted by Crippen LogP contribution is -2.32. The zero-order valence-corrected chi connectivity index (χ0v) is 21.0. The van der Waals surface area contributed by atoms with Gasteiger partial charge in [0.1, 0.15) is 17.9 Å². The number of nitro groups is 1. The highest BCUT2D eigenvalue weighted by atomic mass is 16.6. The zero-order valence-electron chi connectivity index (χ0n) is 21.0. The first-order chi connectivity index (χ1) is 18.7. The molecule has 3 aromatic carbocycles. The van der Waals surface area contributed by atoms with Gasteiger partial charge in [-0.25, -0.2) is 14.4 Å². The van der Waals surface area contributed by atoms with Gasteiger partial charge < -0.3 is 19.5 Å². The minimum atomic E-state index is -1.44. The number of hydrogen-bond acceptors (Lipinski definition) is 10. The largest absolute Gasteiger partial charge is 0.477 e. The Bertz CT molecular complexity index is 1420. The first kappa shape index (κ1) is 28.2. The number of ether oxygens (including phenoxy) is 2. The summed E-state index contributed by atoms with van der Waals surface area (Å²) in [7, 11) is 1.29. The summed E-state index contributed by atoms with van der Waals surface area (Å²) >= 11 is 0. The van der Waals surface area contributed by atoms with Crippen LogP contribution in [0.4, 0.5) is 22.7 Å². The molecule has 0 spiro atoms. The molecule has 0 unspecified atom stereocenters. The minimum absolute atomic E-state index is 0.0118. The van der Waals surface area contributed by atoms with Crippen molar-refractivity contribution in [3.05, 3.63) is 94.0 Å². The molecule has 12 nitrogen and oxygen atoms in total. The van der Waals surface area contributed by atoms with Crippen molar-refractivity contribution in [2.75, 3.05) is 25.1 Å². The number of aromatic carboxylic acids is 1. The summed E-state index contributed by atoms with van der Waals surface area (Å²) in [6.07, 6.45) is 2.87. The summed E-state index contributed by atoms with van der Waals surface area (Å²) in [5.74, 6) is -2.02. The Morgan fingerprint density at radius 3 is 2.23 bits per heavy atom. The third-order valence-electron chi connectivity index (χ3n) is 5.33. The summed E-state index contributed by atoms with van der Waals surface area (Å²) in [6.45, 7) is 2.40. The predicted molar refractivity (Wildman–Crippen MR) is 142 cm³/mol. The molecular weight excluding hydrogens is 508 g/mol. The number of esters is 2. The molecule has 0 fully saturated rings. The Kier molecular flexibility index (Phi) is 9.57. The van der Waals surface area contributed by atoms with Crippen molar-refractivity contribution in [3.63, 3.8) is 0 Å². The average molecular weight is 533 g/mol. The topological polar surface area (TPSA) is 161 Å². The van der Waals surface area contributed by atoms with E-state index in [1.165, 1.54) is 19.3 Å². The first-order valence-electron chi connectivity index (χ1n) is 11.6. The van der Waals surface area contributed by atoms with E-state index in [2.05, 4.69) is 15.0 Å². The van der Waals surface area contributed by atoms with Gasteiger partial charge in [-0.3, -0.25) is 10.1 Å². The maximum atomic E-state index is 12.5. The van der Waals surface area contributed by atoms with Crippen LogP contribution in [0.3, 0.4) is 0 Å². The van der Waals surface area contributed by atoms with Crippen molar-refractivity contribution in [1.29, 1.82) is 0 Å². The minimum Gasteiger partial charge on any atom is -0.477 e. The van der Waals surface area contributed by atoms with Gasteiger partial charge in [0.25, 0.3) is 5.69 Å². The molecule has 3 rings (SSSR count). The Morgan fingerprint density at radius 1 is 1.00 bits per heavy atom. The second-order valence-corrected chi connectivity index (χ2v) is 7.89. The van der Waals surface area contributed by atoms with Gasteiger partial charge in [0.05, 0.1) is 23.4 Å². The molecule has 0 amide bonds. The number of nitrogens with zero attached hydrogens (tertiary/aromatic N) is 4. The van der Waals surface area contributed by atoms with E-state index in [0.717, 1.165) is 23.4 Å². The molecule has 0 aliphatic heterocycles. The van der Waals surface area contributed by atoms with Crippen LogP contribution in [-0.4, -0.2) is 48.1 Å². The number of methoxy groups -OCH3 is 1. The number of likely N-dealkylation sites (N-methyl/N-ethyl adjacent to an activating group) is 1. The van der Waals surface area contributed by atoms with Crippen molar-refractivity contribution in [2.45, 2.75) is 6.92 Å². The van der Waals surface area contributed by atoms with E-state index in [0.29, 0.717) is 18.0 Å². The number of anilines is 1. The van der Waals surface area contributed by atoms with E-state index >= 15 is 0 Å². The molecule has 12 heteroatoms. The molecule has 0 saturated carbocycles. The van der Waals surface area contributed by atoms with Crippen molar-refractivity contribution < 1.29 is 33.9 Å². The van der Waals surface area contributed by atoms with Gasteiger partial charge in [-0.05, 0) is 67.1 Å². The van der Waals surface area contributed by atoms with Crippen molar-refractivity contribution in [2.24, 2.45) is 10.2 Å².